The number of rotatable bonds is 9. The van der Waals surface area contributed by atoms with Crippen LogP contribution in [0, 0.1) is 35.5 Å². The first kappa shape index (κ1) is 18.0. The summed E-state index contributed by atoms with van der Waals surface area (Å²) in [6.45, 7) is 19.2. The monoisotopic (exact) mass is 254 g/mol. The summed E-state index contributed by atoms with van der Waals surface area (Å²) in [5, 5.41) is 0. The molecule has 0 spiro atoms. The van der Waals surface area contributed by atoms with Crippen LogP contribution in [0.5, 0.6) is 0 Å². The van der Waals surface area contributed by atoms with Crippen LogP contribution in [0.25, 0.3) is 0 Å². The summed E-state index contributed by atoms with van der Waals surface area (Å²) in [6.07, 6.45) is 5.50. The SMILES string of the molecule is CCC(C)C(CC(C)CC(C)C(C)C)C(C)CC. The van der Waals surface area contributed by atoms with Crippen LogP contribution in [0.15, 0.2) is 0 Å². The Morgan fingerprint density at radius 3 is 1.39 bits per heavy atom. The Hall–Kier alpha value is 0. The lowest BCUT2D eigenvalue weighted by Crippen LogP contribution is -2.23. The lowest BCUT2D eigenvalue weighted by Gasteiger charge is -2.32. The molecule has 0 radical (unpaired) electrons. The molecule has 0 nitrogen and oxygen atoms in total. The van der Waals surface area contributed by atoms with Crippen LogP contribution in [0.3, 0.4) is 0 Å². The van der Waals surface area contributed by atoms with Gasteiger partial charge in [-0.3, -0.25) is 0 Å². The molecule has 0 aliphatic rings. The summed E-state index contributed by atoms with van der Waals surface area (Å²) < 4.78 is 0. The highest BCUT2D eigenvalue weighted by molar-refractivity contribution is 4.74. The molecule has 0 N–H and O–H groups in total. The summed E-state index contributed by atoms with van der Waals surface area (Å²) in [5.74, 6) is 5.28. The fraction of sp³-hybridized carbons (Fsp3) is 1.00. The fourth-order valence-electron chi connectivity index (χ4n) is 3.10. The summed E-state index contributed by atoms with van der Waals surface area (Å²) >= 11 is 0. The lowest BCUT2D eigenvalue weighted by atomic mass is 9.74. The third kappa shape index (κ3) is 6.25. The quantitative estimate of drug-likeness (QED) is 0.446. The van der Waals surface area contributed by atoms with Gasteiger partial charge in [0.1, 0.15) is 0 Å². The second-order valence-corrected chi connectivity index (χ2v) is 7.23. The van der Waals surface area contributed by atoms with Gasteiger partial charge >= 0.3 is 0 Å². The van der Waals surface area contributed by atoms with Crippen LogP contribution >= 0.6 is 0 Å². The van der Waals surface area contributed by atoms with Crippen LogP contribution in [0.2, 0.25) is 0 Å². The molecule has 0 aromatic rings. The molecule has 0 aliphatic carbocycles. The molecule has 0 aliphatic heterocycles. The average molecular weight is 255 g/mol. The Kier molecular flexibility index (Phi) is 8.99. The maximum atomic E-state index is 2.47. The molecule has 18 heavy (non-hydrogen) atoms. The minimum absolute atomic E-state index is 0.832. The van der Waals surface area contributed by atoms with Crippen molar-refractivity contribution in [2.45, 2.75) is 81.1 Å². The summed E-state index contributed by atoms with van der Waals surface area (Å²) in [4.78, 5) is 0. The highest BCUT2D eigenvalue weighted by Crippen LogP contribution is 2.34. The van der Waals surface area contributed by atoms with Crippen molar-refractivity contribution in [2.24, 2.45) is 35.5 Å². The molecule has 0 bridgehead atoms. The molecule has 0 rings (SSSR count). The third-order valence-corrected chi connectivity index (χ3v) is 5.34. The predicted octanol–water partition coefficient (Wildman–Crippen LogP) is 6.40. The van der Waals surface area contributed by atoms with Gasteiger partial charge in [0.25, 0.3) is 0 Å². The highest BCUT2D eigenvalue weighted by atomic mass is 14.3. The molecule has 0 amide bonds. The van der Waals surface area contributed by atoms with Gasteiger partial charge in [-0.2, -0.15) is 0 Å². The minimum Gasteiger partial charge on any atom is -0.0651 e. The molecule has 0 aromatic heterocycles. The van der Waals surface area contributed by atoms with Crippen molar-refractivity contribution in [2.75, 3.05) is 0 Å². The van der Waals surface area contributed by atoms with Gasteiger partial charge in [-0.15, -0.1) is 0 Å². The summed E-state index contributed by atoms with van der Waals surface area (Å²) in [6, 6.07) is 0. The van der Waals surface area contributed by atoms with Crippen molar-refractivity contribution in [3.8, 4) is 0 Å². The molecule has 0 aromatic carbocycles. The van der Waals surface area contributed by atoms with Gasteiger partial charge in [0, 0.05) is 0 Å². The first-order chi connectivity index (χ1) is 8.33. The zero-order valence-corrected chi connectivity index (χ0v) is 14.3. The van der Waals surface area contributed by atoms with E-state index in [9.17, 15) is 0 Å². The van der Waals surface area contributed by atoms with E-state index in [4.69, 9.17) is 0 Å². The van der Waals surface area contributed by atoms with Gasteiger partial charge in [0.05, 0.1) is 0 Å². The van der Waals surface area contributed by atoms with E-state index in [1.165, 1.54) is 25.7 Å². The Balaban J connectivity index is 4.39. The van der Waals surface area contributed by atoms with Crippen molar-refractivity contribution in [3.05, 3.63) is 0 Å². The molecule has 0 saturated heterocycles. The van der Waals surface area contributed by atoms with E-state index in [1.54, 1.807) is 0 Å². The van der Waals surface area contributed by atoms with Crippen molar-refractivity contribution < 1.29 is 0 Å². The molecule has 0 heterocycles. The maximum absolute atomic E-state index is 2.47. The van der Waals surface area contributed by atoms with Gasteiger partial charge in [-0.1, -0.05) is 68.2 Å². The van der Waals surface area contributed by atoms with E-state index >= 15 is 0 Å². The van der Waals surface area contributed by atoms with E-state index in [0.29, 0.717) is 0 Å². The third-order valence-electron chi connectivity index (χ3n) is 5.34. The maximum Gasteiger partial charge on any atom is -0.0360 e. The van der Waals surface area contributed by atoms with E-state index in [2.05, 4.69) is 55.4 Å². The van der Waals surface area contributed by atoms with Crippen molar-refractivity contribution in [1.29, 1.82) is 0 Å². The predicted molar refractivity (Wildman–Crippen MR) is 84.8 cm³/mol. The van der Waals surface area contributed by atoms with Crippen LogP contribution in [-0.2, 0) is 0 Å². The Bertz CT molecular complexity index is 184. The number of hydrogen-bond donors (Lipinski definition) is 0. The molecule has 110 valence electrons. The Labute approximate surface area is 117 Å². The summed E-state index contributed by atoms with van der Waals surface area (Å²) in [7, 11) is 0. The summed E-state index contributed by atoms with van der Waals surface area (Å²) in [5.41, 5.74) is 0. The number of hydrogen-bond acceptors (Lipinski definition) is 0. The van der Waals surface area contributed by atoms with E-state index in [1.807, 2.05) is 0 Å². The molecule has 0 heteroatoms. The highest BCUT2D eigenvalue weighted by Gasteiger charge is 2.24. The first-order valence-electron chi connectivity index (χ1n) is 8.33. The van der Waals surface area contributed by atoms with Crippen LogP contribution in [0.1, 0.15) is 81.1 Å². The lowest BCUT2D eigenvalue weighted by molar-refractivity contribution is 0.183. The largest absolute Gasteiger partial charge is 0.0651 e. The Morgan fingerprint density at radius 1 is 0.611 bits per heavy atom. The van der Waals surface area contributed by atoms with Crippen LogP contribution < -0.4 is 0 Å². The minimum atomic E-state index is 0.832. The van der Waals surface area contributed by atoms with Crippen LogP contribution in [0.4, 0.5) is 0 Å². The zero-order valence-electron chi connectivity index (χ0n) is 14.3. The van der Waals surface area contributed by atoms with Gasteiger partial charge in [-0.25, -0.2) is 0 Å². The molecule has 0 saturated carbocycles. The molecule has 4 unspecified atom stereocenters. The zero-order chi connectivity index (χ0) is 14.3. The Morgan fingerprint density at radius 2 is 1.06 bits per heavy atom. The van der Waals surface area contributed by atoms with Gasteiger partial charge in [-0.05, 0) is 48.3 Å². The van der Waals surface area contributed by atoms with Gasteiger partial charge in [0.15, 0.2) is 0 Å². The van der Waals surface area contributed by atoms with Crippen molar-refractivity contribution in [3.63, 3.8) is 0 Å². The molecular formula is C18H38. The van der Waals surface area contributed by atoms with Crippen LogP contribution in [-0.4, -0.2) is 0 Å². The van der Waals surface area contributed by atoms with Crippen molar-refractivity contribution >= 4 is 0 Å². The van der Waals surface area contributed by atoms with Gasteiger partial charge < -0.3 is 0 Å². The van der Waals surface area contributed by atoms with E-state index < -0.39 is 0 Å². The second-order valence-electron chi connectivity index (χ2n) is 7.23. The average Bonchev–Trinajstić information content (AvgIpc) is 2.33. The topological polar surface area (TPSA) is 0 Å². The molecular weight excluding hydrogens is 216 g/mol. The normalized spacial score (nSPS) is 20.5. The van der Waals surface area contributed by atoms with E-state index in [-0.39, 0.29) is 0 Å². The van der Waals surface area contributed by atoms with Crippen molar-refractivity contribution in [1.82, 2.24) is 0 Å². The smallest absolute Gasteiger partial charge is 0.0360 e. The fourth-order valence-corrected chi connectivity index (χ4v) is 3.10. The van der Waals surface area contributed by atoms with Gasteiger partial charge in [0.2, 0.25) is 0 Å². The standard InChI is InChI=1S/C18H38/c1-9-15(6)18(16(7)10-2)12-14(5)11-17(8)13(3)4/h13-18H,9-12H2,1-8H3. The first-order valence-corrected chi connectivity index (χ1v) is 8.33. The second kappa shape index (κ2) is 8.99. The molecule has 0 fully saturated rings. The molecule has 4 atom stereocenters. The van der Waals surface area contributed by atoms with E-state index in [0.717, 1.165) is 35.5 Å².